The highest BCUT2D eigenvalue weighted by molar-refractivity contribution is 6.87. The molecule has 0 atom stereocenters. The predicted molar refractivity (Wildman–Crippen MR) is 73.9 cm³/mol. The van der Waals surface area contributed by atoms with Gasteiger partial charge in [-0.1, -0.05) is 23.1 Å². The van der Waals surface area contributed by atoms with Crippen LogP contribution in [0.3, 0.4) is 0 Å². The minimum Gasteiger partial charge on any atom is -0.410 e. The maximum absolute atomic E-state index is 11.5. The van der Waals surface area contributed by atoms with E-state index in [-0.39, 0.29) is 14.6 Å². The van der Waals surface area contributed by atoms with Crippen LogP contribution < -0.4 is 10.9 Å². The van der Waals surface area contributed by atoms with E-state index in [4.69, 9.17) is 4.74 Å². The Hall–Kier alpha value is -2.43. The number of carbonyl (C=O) groups excluding carboxylic acids is 2. The van der Waals surface area contributed by atoms with Gasteiger partial charge in [0.25, 0.3) is 26.3 Å². The number of pyridine rings is 2. The van der Waals surface area contributed by atoms with Crippen LogP contribution in [0.15, 0.2) is 49.1 Å². The molecular formula is C12H10B2N2O3. The molecular weight excluding hydrogens is 242 g/mol. The molecule has 2 heterocycles. The minimum absolute atomic E-state index is 0.0343. The van der Waals surface area contributed by atoms with Crippen molar-refractivity contribution in [2.75, 3.05) is 0 Å². The number of aromatic nitrogens is 2. The highest BCUT2D eigenvalue weighted by atomic mass is 16.6. The molecule has 0 N–H and O–H groups in total. The zero-order chi connectivity index (χ0) is 13.5. The van der Waals surface area contributed by atoms with Crippen LogP contribution in [0.4, 0.5) is 9.59 Å². The Labute approximate surface area is 111 Å². The molecule has 0 unspecified atom stereocenters. The number of hydrogen-bond acceptors (Lipinski definition) is 5. The maximum atomic E-state index is 11.5. The van der Waals surface area contributed by atoms with E-state index < -0.39 is 11.7 Å². The van der Waals surface area contributed by atoms with Gasteiger partial charge in [-0.15, -0.1) is 0 Å². The summed E-state index contributed by atoms with van der Waals surface area (Å²) in [6.45, 7) is 0. The number of nitrogens with zero attached hydrogens (tertiary/aromatic N) is 2. The Bertz CT molecular complexity index is 512. The highest BCUT2D eigenvalue weighted by Crippen LogP contribution is 1.86. The molecule has 0 amide bonds. The minimum atomic E-state index is -0.582. The van der Waals surface area contributed by atoms with Crippen LogP contribution >= 0.6 is 0 Å². The zero-order valence-electron chi connectivity index (χ0n) is 10.2. The fourth-order valence-electron chi connectivity index (χ4n) is 1.54. The standard InChI is InChI=1S/C12H10B2N2O3/c17-11(13-9-3-1-5-15-7-9)19-12(18)14-10-4-2-6-16-8-10/h1-8,13-14H. The molecule has 92 valence electrons. The van der Waals surface area contributed by atoms with Gasteiger partial charge in [0.2, 0.25) is 0 Å². The first-order valence-corrected chi connectivity index (χ1v) is 5.75. The second-order valence-corrected chi connectivity index (χ2v) is 3.92. The summed E-state index contributed by atoms with van der Waals surface area (Å²) in [6, 6.07) is 6.94. The normalized spacial score (nSPS) is 9.47. The third kappa shape index (κ3) is 4.39. The summed E-state index contributed by atoms with van der Waals surface area (Å²) in [5.74, 6) is -1.16. The fraction of sp³-hybridized carbons (Fsp3) is 0. The molecule has 0 radical (unpaired) electrons. The van der Waals surface area contributed by atoms with Crippen molar-refractivity contribution in [3.63, 3.8) is 0 Å². The van der Waals surface area contributed by atoms with E-state index in [1.807, 2.05) is 0 Å². The van der Waals surface area contributed by atoms with E-state index >= 15 is 0 Å². The Morgan fingerprint density at radius 2 is 1.37 bits per heavy atom. The summed E-state index contributed by atoms with van der Waals surface area (Å²) in [6.07, 6.45) is 6.35. The van der Waals surface area contributed by atoms with Gasteiger partial charge in [-0.05, 0) is 12.1 Å². The molecule has 0 bridgehead atoms. The van der Waals surface area contributed by atoms with E-state index in [0.29, 0.717) is 10.9 Å². The first kappa shape index (κ1) is 13.0. The van der Waals surface area contributed by atoms with E-state index in [1.165, 1.54) is 0 Å². The number of hydrogen-bond donors (Lipinski definition) is 0. The quantitative estimate of drug-likeness (QED) is 0.544. The molecule has 0 aliphatic rings. The molecule has 0 aromatic carbocycles. The SMILES string of the molecule is O=C(Bc1cccnc1)OC(=O)Bc1cccnc1. The predicted octanol–water partition coefficient (Wildman–Crippen LogP) is -0.443. The fourth-order valence-corrected chi connectivity index (χ4v) is 1.54. The van der Waals surface area contributed by atoms with Crippen molar-refractivity contribution in [3.8, 4) is 0 Å². The summed E-state index contributed by atoms with van der Waals surface area (Å²) in [5.41, 5.74) is 1.42. The molecule has 0 saturated heterocycles. The molecule has 0 saturated carbocycles. The van der Waals surface area contributed by atoms with Crippen molar-refractivity contribution in [1.82, 2.24) is 9.97 Å². The van der Waals surface area contributed by atoms with Gasteiger partial charge < -0.3 is 4.74 Å². The van der Waals surface area contributed by atoms with Crippen molar-refractivity contribution < 1.29 is 14.3 Å². The summed E-state index contributed by atoms with van der Waals surface area (Å²) in [4.78, 5) is 30.8. The van der Waals surface area contributed by atoms with Crippen molar-refractivity contribution >= 4 is 37.2 Å². The van der Waals surface area contributed by atoms with Crippen LogP contribution in [0.2, 0.25) is 0 Å². The van der Waals surface area contributed by atoms with Crippen molar-refractivity contribution in [3.05, 3.63) is 49.1 Å². The lowest BCUT2D eigenvalue weighted by atomic mass is 9.69. The van der Waals surface area contributed by atoms with E-state index in [1.54, 1.807) is 49.1 Å². The van der Waals surface area contributed by atoms with Gasteiger partial charge in [0, 0.05) is 24.8 Å². The molecule has 5 nitrogen and oxygen atoms in total. The van der Waals surface area contributed by atoms with Gasteiger partial charge in [-0.2, -0.15) is 0 Å². The Kier molecular flexibility index (Phi) is 4.44. The molecule has 0 spiro atoms. The lowest BCUT2D eigenvalue weighted by molar-refractivity contribution is 0.184. The number of ether oxygens (including phenoxy) is 1. The largest absolute Gasteiger partial charge is 0.410 e. The summed E-state index contributed by atoms with van der Waals surface area (Å²) in [5, 5.41) is 0. The van der Waals surface area contributed by atoms with Crippen LogP contribution in [0, 0.1) is 0 Å². The smallest absolute Gasteiger partial charge is 0.295 e. The lowest BCUT2D eigenvalue weighted by Crippen LogP contribution is -2.31. The van der Waals surface area contributed by atoms with E-state index in [9.17, 15) is 9.59 Å². The average Bonchev–Trinajstić information content (AvgIpc) is 2.40. The Morgan fingerprint density at radius 1 is 0.895 bits per heavy atom. The van der Waals surface area contributed by atoms with Crippen molar-refractivity contribution in [2.24, 2.45) is 0 Å². The van der Waals surface area contributed by atoms with E-state index in [2.05, 4.69) is 9.97 Å². The van der Waals surface area contributed by atoms with Gasteiger partial charge in [0.05, 0.1) is 0 Å². The third-order valence-corrected chi connectivity index (χ3v) is 2.37. The highest BCUT2D eigenvalue weighted by Gasteiger charge is 2.14. The molecule has 2 aromatic heterocycles. The first-order chi connectivity index (χ1) is 9.24. The third-order valence-electron chi connectivity index (χ3n) is 2.37. The molecule has 2 rings (SSSR count). The van der Waals surface area contributed by atoms with Crippen LogP contribution in [0.25, 0.3) is 0 Å². The zero-order valence-corrected chi connectivity index (χ0v) is 10.2. The van der Waals surface area contributed by atoms with Gasteiger partial charge in [-0.25, -0.2) is 0 Å². The Balaban J connectivity index is 1.84. The van der Waals surface area contributed by atoms with Gasteiger partial charge in [0.1, 0.15) is 0 Å². The molecule has 0 aliphatic heterocycles. The first-order valence-electron chi connectivity index (χ1n) is 5.75. The summed E-state index contributed by atoms with van der Waals surface area (Å²) < 4.78 is 4.72. The van der Waals surface area contributed by atoms with E-state index in [0.717, 1.165) is 0 Å². The molecule has 0 fully saturated rings. The average molecular weight is 252 g/mol. The summed E-state index contributed by atoms with van der Waals surface area (Å²) >= 11 is 0. The topological polar surface area (TPSA) is 69.2 Å². The number of carbonyl (C=O) groups is 2. The van der Waals surface area contributed by atoms with Gasteiger partial charge in [-0.3, -0.25) is 19.6 Å². The molecule has 0 aliphatic carbocycles. The Morgan fingerprint density at radius 3 is 1.74 bits per heavy atom. The van der Waals surface area contributed by atoms with Crippen LogP contribution in [0.5, 0.6) is 0 Å². The molecule has 2 aromatic rings. The van der Waals surface area contributed by atoms with Crippen molar-refractivity contribution in [1.29, 1.82) is 0 Å². The molecule has 7 heteroatoms. The lowest BCUT2D eigenvalue weighted by Gasteiger charge is -2.01. The maximum Gasteiger partial charge on any atom is 0.295 e. The molecule has 19 heavy (non-hydrogen) atoms. The van der Waals surface area contributed by atoms with Crippen LogP contribution in [-0.4, -0.2) is 36.3 Å². The van der Waals surface area contributed by atoms with Crippen LogP contribution in [-0.2, 0) is 4.74 Å². The second kappa shape index (κ2) is 6.49. The monoisotopic (exact) mass is 252 g/mol. The van der Waals surface area contributed by atoms with Crippen LogP contribution in [0.1, 0.15) is 0 Å². The van der Waals surface area contributed by atoms with Crippen molar-refractivity contribution in [2.45, 2.75) is 0 Å². The summed E-state index contributed by atoms with van der Waals surface area (Å²) in [7, 11) is 0.0687. The number of rotatable bonds is 4. The second-order valence-electron chi connectivity index (χ2n) is 3.92. The van der Waals surface area contributed by atoms with Gasteiger partial charge >= 0.3 is 0 Å². The van der Waals surface area contributed by atoms with Gasteiger partial charge in [0.15, 0.2) is 0 Å².